The Morgan fingerprint density at radius 1 is 1.27 bits per heavy atom. The van der Waals surface area contributed by atoms with Gasteiger partial charge in [-0.05, 0) is 31.0 Å². The average molecular weight is 327 g/mol. The Balaban J connectivity index is 1.86. The van der Waals surface area contributed by atoms with Crippen LogP contribution < -0.4 is 0 Å². The smallest absolute Gasteiger partial charge is 0.371 e. The third kappa shape index (κ3) is 2.77. The number of alkyl halides is 3. The van der Waals surface area contributed by atoms with Crippen molar-refractivity contribution in [2.75, 3.05) is 13.1 Å². The van der Waals surface area contributed by atoms with Gasteiger partial charge in [0.1, 0.15) is 11.4 Å². The van der Waals surface area contributed by atoms with Crippen LogP contribution in [0.1, 0.15) is 23.4 Å². The van der Waals surface area contributed by atoms with Crippen LogP contribution >= 0.6 is 11.3 Å². The molecule has 118 valence electrons. The van der Waals surface area contributed by atoms with Crippen LogP contribution in [0.25, 0.3) is 16.3 Å². The zero-order chi connectivity index (χ0) is 15.9. The summed E-state index contributed by atoms with van der Waals surface area (Å²) in [4.78, 5) is 3.92. The first kappa shape index (κ1) is 15.1. The zero-order valence-electron chi connectivity index (χ0n) is 12.2. The third-order valence-electron chi connectivity index (χ3n) is 3.80. The molecule has 0 N–H and O–H groups in total. The van der Waals surface area contributed by atoms with Gasteiger partial charge in [0.05, 0.1) is 9.75 Å². The summed E-state index contributed by atoms with van der Waals surface area (Å²) < 4.78 is 39.4. The molecule has 1 fully saturated rings. The van der Waals surface area contributed by atoms with Crippen molar-refractivity contribution in [3.63, 3.8) is 0 Å². The predicted octanol–water partition coefficient (Wildman–Crippen LogP) is 4.23. The summed E-state index contributed by atoms with van der Waals surface area (Å²) in [7, 11) is 1.31. The van der Waals surface area contributed by atoms with Crippen molar-refractivity contribution >= 4 is 17.0 Å². The molecule has 0 amide bonds. The molecule has 2 aromatic heterocycles. The minimum Gasteiger partial charge on any atom is -0.371 e. The van der Waals surface area contributed by atoms with Gasteiger partial charge < -0.3 is 4.90 Å². The first-order chi connectivity index (χ1) is 10.4. The monoisotopic (exact) mass is 327 g/mol. The highest BCUT2D eigenvalue weighted by Crippen LogP contribution is 2.36. The van der Waals surface area contributed by atoms with Crippen molar-refractivity contribution in [1.29, 1.82) is 0 Å². The quantitative estimate of drug-likeness (QED) is 0.841. The molecule has 1 aliphatic rings. The molecular weight excluding hydrogens is 311 g/mol. The molecule has 0 atom stereocenters. The van der Waals surface area contributed by atoms with Gasteiger partial charge in [-0.1, -0.05) is 6.58 Å². The van der Waals surface area contributed by atoms with Gasteiger partial charge in [-0.3, -0.25) is 4.68 Å². The Hall–Kier alpha value is -1.76. The molecule has 2 aromatic rings. The van der Waals surface area contributed by atoms with Gasteiger partial charge in [0, 0.05) is 25.8 Å². The van der Waals surface area contributed by atoms with E-state index in [0.717, 1.165) is 52.1 Å². The van der Waals surface area contributed by atoms with Gasteiger partial charge in [-0.25, -0.2) is 0 Å². The Morgan fingerprint density at radius 2 is 1.95 bits per heavy atom. The normalized spacial score (nSPS) is 15.5. The summed E-state index contributed by atoms with van der Waals surface area (Å²) in [5, 5.41) is 3.98. The molecule has 0 unspecified atom stereocenters. The van der Waals surface area contributed by atoms with Crippen LogP contribution in [-0.4, -0.2) is 27.8 Å². The maximum atomic E-state index is 12.8. The number of likely N-dealkylation sites (tertiary alicyclic amines) is 1. The fourth-order valence-corrected chi connectivity index (χ4v) is 3.59. The Labute approximate surface area is 130 Å². The minimum atomic E-state index is -4.39. The number of thiophene rings is 1. The van der Waals surface area contributed by atoms with Crippen LogP contribution in [0.4, 0.5) is 13.2 Å². The highest BCUT2D eigenvalue weighted by Gasteiger charge is 2.35. The van der Waals surface area contributed by atoms with E-state index in [9.17, 15) is 13.2 Å². The molecule has 0 radical (unpaired) electrons. The summed E-state index contributed by atoms with van der Waals surface area (Å²) >= 11 is 1.43. The predicted molar refractivity (Wildman–Crippen MR) is 81.4 cm³/mol. The second kappa shape index (κ2) is 5.46. The number of aromatic nitrogens is 2. The van der Waals surface area contributed by atoms with Crippen molar-refractivity contribution in [3.05, 3.63) is 35.3 Å². The molecule has 0 spiro atoms. The molecule has 0 aromatic carbocycles. The summed E-state index contributed by atoms with van der Waals surface area (Å²) in [6.45, 7) is 6.09. The summed E-state index contributed by atoms with van der Waals surface area (Å²) in [6.07, 6.45) is -2.07. The van der Waals surface area contributed by atoms with Crippen LogP contribution in [-0.2, 0) is 13.2 Å². The summed E-state index contributed by atoms with van der Waals surface area (Å²) in [5.74, 6) is 0. The molecule has 3 nitrogen and oxygen atoms in total. The Bertz CT molecular complexity index is 693. The number of hydrogen-bond acceptors (Lipinski definition) is 3. The van der Waals surface area contributed by atoms with E-state index in [1.54, 1.807) is 0 Å². The molecule has 0 aliphatic carbocycles. The Kier molecular flexibility index (Phi) is 3.76. The van der Waals surface area contributed by atoms with Gasteiger partial charge in [0.15, 0.2) is 0 Å². The highest BCUT2D eigenvalue weighted by atomic mass is 32.1. The number of halogens is 3. The molecule has 7 heteroatoms. The van der Waals surface area contributed by atoms with E-state index in [1.165, 1.54) is 18.4 Å². The fourth-order valence-electron chi connectivity index (χ4n) is 2.63. The van der Waals surface area contributed by atoms with Crippen molar-refractivity contribution in [2.24, 2.45) is 7.05 Å². The fraction of sp³-hybridized carbons (Fsp3) is 0.400. The molecule has 1 aliphatic heterocycles. The lowest BCUT2D eigenvalue weighted by atomic mass is 10.3. The van der Waals surface area contributed by atoms with E-state index in [-0.39, 0.29) is 0 Å². The van der Waals surface area contributed by atoms with Crippen molar-refractivity contribution in [2.45, 2.75) is 19.0 Å². The van der Waals surface area contributed by atoms with Gasteiger partial charge in [-0.15, -0.1) is 11.3 Å². The molecule has 0 bridgehead atoms. The van der Waals surface area contributed by atoms with Crippen LogP contribution in [0.15, 0.2) is 24.8 Å². The molecular formula is C15H16F3N3S. The van der Waals surface area contributed by atoms with E-state index >= 15 is 0 Å². The van der Waals surface area contributed by atoms with Crippen LogP contribution in [0.3, 0.4) is 0 Å². The van der Waals surface area contributed by atoms with Gasteiger partial charge in [0.2, 0.25) is 0 Å². The lowest BCUT2D eigenvalue weighted by Crippen LogP contribution is -2.15. The van der Waals surface area contributed by atoms with Crippen molar-refractivity contribution in [1.82, 2.24) is 14.7 Å². The first-order valence-corrected chi connectivity index (χ1v) is 7.83. The second-order valence-corrected chi connectivity index (χ2v) is 6.42. The third-order valence-corrected chi connectivity index (χ3v) is 4.96. The molecule has 3 rings (SSSR count). The van der Waals surface area contributed by atoms with Gasteiger partial charge in [-0.2, -0.15) is 18.3 Å². The SMILES string of the molecule is C=C(c1ccc(-c2cc(C(F)(F)F)n(C)n2)s1)N1CCCC1. The second-order valence-electron chi connectivity index (χ2n) is 5.34. The maximum Gasteiger partial charge on any atom is 0.433 e. The number of nitrogens with zero attached hydrogens (tertiary/aromatic N) is 3. The van der Waals surface area contributed by atoms with E-state index in [0.29, 0.717) is 5.69 Å². The average Bonchev–Trinajstić information content (AvgIpc) is 3.17. The summed E-state index contributed by atoms with van der Waals surface area (Å²) in [6, 6.07) is 4.81. The summed E-state index contributed by atoms with van der Waals surface area (Å²) in [5.41, 5.74) is 0.553. The van der Waals surface area contributed by atoms with Crippen LogP contribution in [0, 0.1) is 0 Å². The topological polar surface area (TPSA) is 21.1 Å². The Morgan fingerprint density at radius 3 is 2.55 bits per heavy atom. The molecule has 22 heavy (non-hydrogen) atoms. The van der Waals surface area contributed by atoms with Gasteiger partial charge >= 0.3 is 6.18 Å². The van der Waals surface area contributed by atoms with Gasteiger partial charge in [0.25, 0.3) is 0 Å². The van der Waals surface area contributed by atoms with Crippen molar-refractivity contribution in [3.8, 4) is 10.6 Å². The maximum absolute atomic E-state index is 12.8. The lowest BCUT2D eigenvalue weighted by Gasteiger charge is -2.18. The van der Waals surface area contributed by atoms with Crippen molar-refractivity contribution < 1.29 is 13.2 Å². The largest absolute Gasteiger partial charge is 0.433 e. The standard InChI is InChI=1S/C15H16F3N3S/c1-10(21-7-3-4-8-21)12-5-6-13(22-12)11-9-14(15(16,17)18)20(2)19-11/h5-6,9H,1,3-4,7-8H2,2H3. The van der Waals surface area contributed by atoms with E-state index < -0.39 is 11.9 Å². The van der Waals surface area contributed by atoms with Crippen LogP contribution in [0.5, 0.6) is 0 Å². The highest BCUT2D eigenvalue weighted by molar-refractivity contribution is 7.16. The number of rotatable bonds is 3. The van der Waals surface area contributed by atoms with E-state index in [4.69, 9.17) is 0 Å². The minimum absolute atomic E-state index is 0.347. The molecule has 0 saturated carbocycles. The lowest BCUT2D eigenvalue weighted by molar-refractivity contribution is -0.143. The zero-order valence-corrected chi connectivity index (χ0v) is 13.0. The van der Waals surface area contributed by atoms with E-state index in [1.807, 2.05) is 12.1 Å². The molecule has 3 heterocycles. The van der Waals surface area contributed by atoms with Crippen LogP contribution in [0.2, 0.25) is 0 Å². The molecule has 1 saturated heterocycles. The first-order valence-electron chi connectivity index (χ1n) is 7.02. The number of hydrogen-bond donors (Lipinski definition) is 0. The van der Waals surface area contributed by atoms with E-state index in [2.05, 4.69) is 16.6 Å². The number of aryl methyl sites for hydroxylation is 1.